The Balaban J connectivity index is 1.84. The molecule has 0 spiro atoms. The van der Waals surface area contributed by atoms with E-state index < -0.39 is 0 Å². The predicted molar refractivity (Wildman–Crippen MR) is 90.0 cm³/mol. The summed E-state index contributed by atoms with van der Waals surface area (Å²) >= 11 is 5.21. The van der Waals surface area contributed by atoms with E-state index >= 15 is 0 Å². The van der Waals surface area contributed by atoms with E-state index in [9.17, 15) is 0 Å². The Morgan fingerprint density at radius 2 is 1.86 bits per heavy atom. The number of hydrogen-bond acceptors (Lipinski definition) is 4. The van der Waals surface area contributed by atoms with Gasteiger partial charge in [-0.1, -0.05) is 36.4 Å². The first-order valence-corrected chi connectivity index (χ1v) is 7.09. The fourth-order valence-corrected chi connectivity index (χ4v) is 2.09. The van der Waals surface area contributed by atoms with Crippen LogP contribution in [-0.2, 0) is 0 Å². The fourth-order valence-electron chi connectivity index (χ4n) is 1.91. The Morgan fingerprint density at radius 3 is 2.64 bits per heavy atom. The van der Waals surface area contributed by atoms with Crippen LogP contribution in [0, 0.1) is 4.77 Å². The molecule has 0 aliphatic carbocycles. The molecule has 0 atom stereocenters. The van der Waals surface area contributed by atoms with Crippen LogP contribution in [-0.4, -0.2) is 26.1 Å². The summed E-state index contributed by atoms with van der Waals surface area (Å²) in [7, 11) is 0. The van der Waals surface area contributed by atoms with Gasteiger partial charge in [-0.3, -0.25) is 4.98 Å². The maximum atomic E-state index is 5.21. The van der Waals surface area contributed by atoms with Crippen LogP contribution in [0.4, 0.5) is 0 Å². The van der Waals surface area contributed by atoms with Crippen molar-refractivity contribution in [3.05, 3.63) is 71.3 Å². The van der Waals surface area contributed by atoms with Crippen molar-refractivity contribution >= 4 is 24.5 Å². The number of rotatable bonds is 4. The number of nitrogens with zero attached hydrogens (tertiary/aromatic N) is 4. The van der Waals surface area contributed by atoms with Crippen LogP contribution in [0.15, 0.2) is 66.0 Å². The molecule has 108 valence electrons. The summed E-state index contributed by atoms with van der Waals surface area (Å²) in [6.07, 6.45) is 8.93. The van der Waals surface area contributed by atoms with Gasteiger partial charge in [0.05, 0.1) is 0 Å². The number of hydrogen-bond donors (Lipinski definition) is 1. The van der Waals surface area contributed by atoms with Crippen molar-refractivity contribution in [1.82, 2.24) is 19.9 Å². The molecule has 1 aromatic carbocycles. The van der Waals surface area contributed by atoms with Crippen LogP contribution in [0.3, 0.4) is 0 Å². The summed E-state index contributed by atoms with van der Waals surface area (Å²) in [5.74, 6) is 0.650. The lowest BCUT2D eigenvalue weighted by atomic mass is 10.2. The third-order valence-corrected chi connectivity index (χ3v) is 3.21. The van der Waals surface area contributed by atoms with Crippen molar-refractivity contribution in [3.63, 3.8) is 0 Å². The number of allylic oxidation sites excluding steroid dienone is 1. The summed E-state index contributed by atoms with van der Waals surface area (Å²) in [5.41, 5.74) is 2.01. The first-order chi connectivity index (χ1) is 10.8. The quantitative estimate of drug-likeness (QED) is 0.592. The van der Waals surface area contributed by atoms with Gasteiger partial charge in [0.25, 0.3) is 0 Å². The van der Waals surface area contributed by atoms with Gasteiger partial charge in [-0.05, 0) is 36.0 Å². The molecule has 22 heavy (non-hydrogen) atoms. The molecule has 3 aromatic rings. The second-order valence-corrected chi connectivity index (χ2v) is 4.82. The number of pyridine rings is 1. The Kier molecular flexibility index (Phi) is 4.31. The van der Waals surface area contributed by atoms with Gasteiger partial charge in [-0.15, -0.1) is 0 Å². The molecule has 0 unspecified atom stereocenters. The molecular weight excluding hydrogens is 294 g/mol. The Morgan fingerprint density at radius 1 is 1.09 bits per heavy atom. The molecule has 0 aliphatic heterocycles. The van der Waals surface area contributed by atoms with Crippen LogP contribution in [0.1, 0.15) is 5.56 Å². The first kappa shape index (κ1) is 14.1. The zero-order chi connectivity index (χ0) is 15.2. The lowest BCUT2D eigenvalue weighted by molar-refractivity contribution is 0.872. The molecule has 0 amide bonds. The van der Waals surface area contributed by atoms with Gasteiger partial charge in [0, 0.05) is 24.2 Å². The van der Waals surface area contributed by atoms with Gasteiger partial charge < -0.3 is 0 Å². The van der Waals surface area contributed by atoms with Crippen LogP contribution in [0.25, 0.3) is 17.5 Å². The number of aromatic nitrogens is 4. The topological polar surface area (TPSA) is 58.9 Å². The molecule has 6 heteroatoms. The van der Waals surface area contributed by atoms with Crippen LogP contribution in [0.2, 0.25) is 0 Å². The average Bonchev–Trinajstić information content (AvgIpc) is 2.94. The smallest absolute Gasteiger partial charge is 0.216 e. The molecule has 0 radical (unpaired) electrons. The van der Waals surface area contributed by atoms with Crippen molar-refractivity contribution in [2.24, 2.45) is 5.10 Å². The maximum Gasteiger partial charge on any atom is 0.216 e. The Hall–Kier alpha value is -2.86. The zero-order valence-electron chi connectivity index (χ0n) is 11.6. The van der Waals surface area contributed by atoms with Gasteiger partial charge in [0.1, 0.15) is 0 Å². The van der Waals surface area contributed by atoms with E-state index in [1.165, 1.54) is 0 Å². The van der Waals surface area contributed by atoms with E-state index in [2.05, 4.69) is 20.3 Å². The molecular formula is C16H13N5S. The summed E-state index contributed by atoms with van der Waals surface area (Å²) in [6, 6.07) is 13.7. The first-order valence-electron chi connectivity index (χ1n) is 6.68. The number of benzene rings is 1. The summed E-state index contributed by atoms with van der Waals surface area (Å²) in [4.78, 5) is 3.99. The van der Waals surface area contributed by atoms with Crippen molar-refractivity contribution in [3.8, 4) is 11.4 Å². The average molecular weight is 307 g/mol. The molecule has 0 saturated carbocycles. The van der Waals surface area contributed by atoms with E-state index in [1.54, 1.807) is 23.3 Å². The summed E-state index contributed by atoms with van der Waals surface area (Å²) < 4.78 is 2.02. The van der Waals surface area contributed by atoms with E-state index in [-0.39, 0.29) is 0 Å². The zero-order valence-corrected chi connectivity index (χ0v) is 12.4. The number of nitrogens with one attached hydrogen (secondary N) is 1. The molecule has 0 bridgehead atoms. The van der Waals surface area contributed by atoms with Gasteiger partial charge >= 0.3 is 0 Å². The van der Waals surface area contributed by atoms with E-state index in [1.807, 2.05) is 54.6 Å². The van der Waals surface area contributed by atoms with Crippen molar-refractivity contribution < 1.29 is 0 Å². The molecule has 2 aromatic heterocycles. The highest BCUT2D eigenvalue weighted by atomic mass is 32.1. The van der Waals surface area contributed by atoms with Crippen molar-refractivity contribution in [1.29, 1.82) is 0 Å². The monoisotopic (exact) mass is 307 g/mol. The van der Waals surface area contributed by atoms with E-state index in [0.717, 1.165) is 11.1 Å². The normalized spacial score (nSPS) is 11.5. The minimum absolute atomic E-state index is 0.441. The molecule has 0 fully saturated rings. The van der Waals surface area contributed by atoms with Gasteiger partial charge in [0.2, 0.25) is 4.77 Å². The lowest BCUT2D eigenvalue weighted by Gasteiger charge is -1.99. The second-order valence-electron chi connectivity index (χ2n) is 4.43. The molecule has 5 nitrogen and oxygen atoms in total. The van der Waals surface area contributed by atoms with Crippen LogP contribution < -0.4 is 0 Å². The summed E-state index contributed by atoms with van der Waals surface area (Å²) in [5, 5.41) is 11.3. The van der Waals surface area contributed by atoms with Gasteiger partial charge in [-0.25, -0.2) is 5.10 Å². The maximum absolute atomic E-state index is 5.21. The Labute approximate surface area is 132 Å². The van der Waals surface area contributed by atoms with Crippen molar-refractivity contribution in [2.45, 2.75) is 0 Å². The minimum Gasteiger partial charge on any atom is -0.265 e. The fraction of sp³-hybridized carbons (Fsp3) is 0. The SMILES string of the molecule is S=c1[nH]nc(-c2ccncc2)n1/N=C/C=C/c1ccccc1. The molecule has 0 saturated heterocycles. The standard InChI is InChI=1S/C16H13N5S/c22-16-20-19-15(14-8-11-17-12-9-14)21(16)18-10-4-7-13-5-2-1-3-6-13/h1-12H,(H,20,22)/b7-4+,18-10+. The lowest BCUT2D eigenvalue weighted by Crippen LogP contribution is -1.93. The minimum atomic E-state index is 0.441. The number of H-pyrrole nitrogens is 1. The third-order valence-electron chi connectivity index (χ3n) is 2.95. The molecule has 1 N–H and O–H groups in total. The largest absolute Gasteiger partial charge is 0.265 e. The van der Waals surface area contributed by atoms with Gasteiger partial charge in [0.15, 0.2) is 5.82 Å². The highest BCUT2D eigenvalue weighted by Gasteiger charge is 2.06. The molecule has 3 rings (SSSR count). The molecule has 0 aliphatic rings. The van der Waals surface area contributed by atoms with E-state index in [4.69, 9.17) is 12.2 Å². The highest BCUT2D eigenvalue weighted by Crippen LogP contribution is 2.15. The third kappa shape index (κ3) is 3.24. The Bertz CT molecular complexity index is 847. The van der Waals surface area contributed by atoms with Gasteiger partial charge in [-0.2, -0.15) is 14.9 Å². The van der Waals surface area contributed by atoms with Crippen LogP contribution in [0.5, 0.6) is 0 Å². The highest BCUT2D eigenvalue weighted by molar-refractivity contribution is 7.71. The van der Waals surface area contributed by atoms with E-state index in [0.29, 0.717) is 10.6 Å². The summed E-state index contributed by atoms with van der Waals surface area (Å²) in [6.45, 7) is 0. The number of aromatic amines is 1. The predicted octanol–water partition coefficient (Wildman–Crippen LogP) is 3.55. The van der Waals surface area contributed by atoms with Crippen LogP contribution >= 0.6 is 12.2 Å². The van der Waals surface area contributed by atoms with Crippen molar-refractivity contribution in [2.75, 3.05) is 0 Å². The second kappa shape index (κ2) is 6.73. The molecule has 2 heterocycles.